The monoisotopic (exact) mass is 239 g/mol. The number of nitrogens with one attached hydrogen (secondary N) is 1. The second kappa shape index (κ2) is 4.82. The Morgan fingerprint density at radius 3 is 2.56 bits per heavy atom. The van der Waals surface area contributed by atoms with Crippen molar-refractivity contribution in [3.05, 3.63) is 18.2 Å². The fraction of sp³-hybridized carbons (Fsp3) is 0.667. The van der Waals surface area contributed by atoms with E-state index in [4.69, 9.17) is 0 Å². The minimum Gasteiger partial charge on any atom is -0.337 e. The molecule has 1 N–H and O–H groups in total. The Morgan fingerprint density at radius 1 is 1.50 bits per heavy atom. The maximum Gasteiger partial charge on any atom is 0.319 e. The van der Waals surface area contributed by atoms with Crippen molar-refractivity contribution in [3.63, 3.8) is 0 Å². The molecule has 0 saturated heterocycles. The van der Waals surface area contributed by atoms with Crippen LogP contribution in [0.25, 0.3) is 0 Å². The van der Waals surface area contributed by atoms with Crippen molar-refractivity contribution < 1.29 is 17.6 Å². The predicted octanol–water partition coefficient (Wildman–Crippen LogP) is 1.97. The van der Waals surface area contributed by atoms with Crippen LogP contribution < -0.4 is 5.32 Å². The number of alkyl halides is 4. The van der Waals surface area contributed by atoms with Crippen LogP contribution in [0, 0.1) is 0 Å². The average molecular weight is 239 g/mol. The number of hydrogen-bond donors (Lipinski definition) is 1. The Hall–Kier alpha value is -1.11. The van der Waals surface area contributed by atoms with E-state index in [1.165, 1.54) is 6.20 Å². The van der Waals surface area contributed by atoms with Gasteiger partial charge in [-0.3, -0.25) is 0 Å². The largest absolute Gasteiger partial charge is 0.337 e. The fourth-order valence-electron chi connectivity index (χ4n) is 1.25. The lowest BCUT2D eigenvalue weighted by Crippen LogP contribution is -2.40. The summed E-state index contributed by atoms with van der Waals surface area (Å²) in [6, 6.07) is -0.510. The van der Waals surface area contributed by atoms with Gasteiger partial charge in [0.15, 0.2) is 0 Å². The van der Waals surface area contributed by atoms with Crippen LogP contribution in [0.4, 0.5) is 17.6 Å². The quantitative estimate of drug-likeness (QED) is 0.796. The average Bonchev–Trinajstić information content (AvgIpc) is 2.61. The summed E-state index contributed by atoms with van der Waals surface area (Å²) < 4.78 is 50.6. The molecule has 0 fully saturated rings. The van der Waals surface area contributed by atoms with E-state index in [9.17, 15) is 17.6 Å². The molecule has 0 aliphatic rings. The first-order valence-electron chi connectivity index (χ1n) is 4.71. The van der Waals surface area contributed by atoms with Gasteiger partial charge in [-0.2, -0.15) is 8.78 Å². The second-order valence-corrected chi connectivity index (χ2v) is 3.56. The number of hydrogen-bond acceptors (Lipinski definition) is 2. The zero-order valence-electron chi connectivity index (χ0n) is 8.92. The molecule has 1 heterocycles. The summed E-state index contributed by atoms with van der Waals surface area (Å²) in [6.45, 7) is 0.516. The van der Waals surface area contributed by atoms with Crippen molar-refractivity contribution >= 4 is 0 Å². The molecule has 0 aromatic carbocycles. The van der Waals surface area contributed by atoms with Crippen LogP contribution in [-0.2, 0) is 7.05 Å². The van der Waals surface area contributed by atoms with Gasteiger partial charge in [0, 0.05) is 19.4 Å². The number of halogens is 4. The summed E-state index contributed by atoms with van der Waals surface area (Å²) in [5, 5.41) is 2.33. The van der Waals surface area contributed by atoms with Crippen LogP contribution in [0.2, 0.25) is 0 Å². The molecule has 0 amide bonds. The zero-order valence-corrected chi connectivity index (χ0v) is 8.92. The Balaban J connectivity index is 2.54. The maximum absolute atomic E-state index is 12.6. The Bertz CT molecular complexity index is 337. The first kappa shape index (κ1) is 13.0. The molecule has 1 atom stereocenters. The van der Waals surface area contributed by atoms with Crippen molar-refractivity contribution in [1.29, 1.82) is 0 Å². The lowest BCUT2D eigenvalue weighted by atomic mass is 10.2. The van der Waals surface area contributed by atoms with Gasteiger partial charge >= 0.3 is 12.3 Å². The van der Waals surface area contributed by atoms with Crippen LogP contribution >= 0.6 is 0 Å². The standard InChI is InChI=1S/C9H13F4N3/c1-6(7-14-3-4-16(7)2)15-5-9(12,13)8(10)11/h3-4,6,8,15H,5H2,1-2H3. The first-order valence-corrected chi connectivity index (χ1v) is 4.71. The van der Waals surface area contributed by atoms with Crippen molar-refractivity contribution in [1.82, 2.24) is 14.9 Å². The topological polar surface area (TPSA) is 29.9 Å². The van der Waals surface area contributed by atoms with Crippen LogP contribution in [-0.4, -0.2) is 28.4 Å². The van der Waals surface area contributed by atoms with E-state index in [0.29, 0.717) is 5.82 Å². The molecule has 16 heavy (non-hydrogen) atoms. The third-order valence-electron chi connectivity index (χ3n) is 2.21. The molecular weight excluding hydrogens is 226 g/mol. The van der Waals surface area contributed by atoms with E-state index in [1.54, 1.807) is 24.7 Å². The zero-order chi connectivity index (χ0) is 12.3. The molecule has 0 radical (unpaired) electrons. The van der Waals surface area contributed by atoms with E-state index < -0.39 is 24.9 Å². The normalized spacial score (nSPS) is 14.4. The van der Waals surface area contributed by atoms with E-state index in [0.717, 1.165) is 0 Å². The Morgan fingerprint density at radius 2 is 2.12 bits per heavy atom. The molecule has 1 aromatic heterocycles. The van der Waals surface area contributed by atoms with Gasteiger partial charge in [0.25, 0.3) is 0 Å². The summed E-state index contributed by atoms with van der Waals surface area (Å²) in [5.41, 5.74) is 0. The van der Waals surface area contributed by atoms with Crippen molar-refractivity contribution in [2.75, 3.05) is 6.54 Å². The smallest absolute Gasteiger partial charge is 0.319 e. The van der Waals surface area contributed by atoms with Gasteiger partial charge in [0.1, 0.15) is 5.82 Å². The predicted molar refractivity (Wildman–Crippen MR) is 50.6 cm³/mol. The van der Waals surface area contributed by atoms with Crippen molar-refractivity contribution in [2.45, 2.75) is 25.3 Å². The summed E-state index contributed by atoms with van der Waals surface area (Å²) >= 11 is 0. The van der Waals surface area contributed by atoms with E-state index in [2.05, 4.69) is 10.3 Å². The van der Waals surface area contributed by atoms with Gasteiger partial charge in [-0.15, -0.1) is 0 Å². The minimum absolute atomic E-state index is 0.510. The first-order chi connectivity index (χ1) is 7.34. The summed E-state index contributed by atoms with van der Waals surface area (Å²) in [4.78, 5) is 3.93. The van der Waals surface area contributed by atoms with E-state index >= 15 is 0 Å². The van der Waals surface area contributed by atoms with E-state index in [1.807, 2.05) is 0 Å². The Kier molecular flexibility index (Phi) is 3.90. The van der Waals surface area contributed by atoms with Crippen LogP contribution in [0.5, 0.6) is 0 Å². The van der Waals surface area contributed by atoms with Crippen LogP contribution in [0.15, 0.2) is 12.4 Å². The van der Waals surface area contributed by atoms with Crippen molar-refractivity contribution in [3.8, 4) is 0 Å². The molecular formula is C9H13F4N3. The number of aromatic nitrogens is 2. The molecule has 3 nitrogen and oxygen atoms in total. The number of nitrogens with zero attached hydrogens (tertiary/aromatic N) is 2. The summed E-state index contributed by atoms with van der Waals surface area (Å²) in [7, 11) is 1.70. The lowest BCUT2D eigenvalue weighted by Gasteiger charge is -2.19. The molecule has 0 aliphatic heterocycles. The highest BCUT2D eigenvalue weighted by atomic mass is 19.3. The molecule has 7 heteroatoms. The molecule has 1 unspecified atom stereocenters. The molecule has 0 aliphatic carbocycles. The summed E-state index contributed by atoms with van der Waals surface area (Å²) in [6.07, 6.45) is -0.495. The van der Waals surface area contributed by atoms with Crippen LogP contribution in [0.1, 0.15) is 18.8 Å². The SMILES string of the molecule is CC(NCC(F)(F)C(F)F)c1nccn1C. The highest BCUT2D eigenvalue weighted by molar-refractivity contribution is 4.97. The molecule has 1 rings (SSSR count). The number of rotatable bonds is 5. The van der Waals surface area contributed by atoms with Gasteiger partial charge in [-0.25, -0.2) is 13.8 Å². The van der Waals surface area contributed by atoms with Gasteiger partial charge < -0.3 is 9.88 Å². The highest BCUT2D eigenvalue weighted by Gasteiger charge is 2.40. The molecule has 0 spiro atoms. The van der Waals surface area contributed by atoms with Gasteiger partial charge in [0.05, 0.1) is 12.6 Å². The van der Waals surface area contributed by atoms with Gasteiger partial charge in [-0.1, -0.05) is 0 Å². The van der Waals surface area contributed by atoms with Gasteiger partial charge in [-0.05, 0) is 6.92 Å². The molecule has 0 saturated carbocycles. The second-order valence-electron chi connectivity index (χ2n) is 3.56. The lowest BCUT2D eigenvalue weighted by molar-refractivity contribution is -0.126. The minimum atomic E-state index is -4.01. The maximum atomic E-state index is 12.6. The fourth-order valence-corrected chi connectivity index (χ4v) is 1.25. The molecule has 1 aromatic rings. The third-order valence-corrected chi connectivity index (χ3v) is 2.21. The molecule has 0 bridgehead atoms. The van der Waals surface area contributed by atoms with E-state index in [-0.39, 0.29) is 0 Å². The van der Waals surface area contributed by atoms with Gasteiger partial charge in [0.2, 0.25) is 0 Å². The van der Waals surface area contributed by atoms with Crippen molar-refractivity contribution in [2.24, 2.45) is 7.05 Å². The Labute approximate surface area is 90.5 Å². The van der Waals surface area contributed by atoms with Crippen LogP contribution in [0.3, 0.4) is 0 Å². The molecule has 92 valence electrons. The summed E-state index contributed by atoms with van der Waals surface area (Å²) in [5.74, 6) is -3.50. The third kappa shape index (κ3) is 2.94. The number of imidazole rings is 1. The highest BCUT2D eigenvalue weighted by Crippen LogP contribution is 2.22. The number of aryl methyl sites for hydroxylation is 1.